The van der Waals surface area contributed by atoms with E-state index in [9.17, 15) is 5.11 Å². The minimum atomic E-state index is -0.819. The van der Waals surface area contributed by atoms with E-state index in [1.165, 1.54) is 4.68 Å². The van der Waals surface area contributed by atoms with Crippen molar-refractivity contribution in [3.63, 3.8) is 0 Å². The van der Waals surface area contributed by atoms with Crippen LogP contribution in [0.1, 0.15) is 17.5 Å². The van der Waals surface area contributed by atoms with E-state index < -0.39 is 6.10 Å². The van der Waals surface area contributed by atoms with Gasteiger partial charge in [0.15, 0.2) is 4.60 Å². The number of hydrogen-bond acceptors (Lipinski definition) is 4. The van der Waals surface area contributed by atoms with E-state index in [0.717, 1.165) is 0 Å². The fourth-order valence-electron chi connectivity index (χ4n) is 1.31. The van der Waals surface area contributed by atoms with E-state index in [0.29, 0.717) is 16.0 Å². The zero-order chi connectivity index (χ0) is 10.8. The van der Waals surface area contributed by atoms with Gasteiger partial charge in [-0.15, -0.1) is 5.10 Å². The van der Waals surface area contributed by atoms with Crippen LogP contribution in [-0.2, 0) is 7.05 Å². The predicted octanol–water partition coefficient (Wildman–Crippen LogP) is 1.05. The van der Waals surface area contributed by atoms with Crippen LogP contribution in [-0.4, -0.2) is 25.1 Å². The van der Waals surface area contributed by atoms with Gasteiger partial charge in [-0.25, -0.2) is 4.68 Å². The Balaban J connectivity index is 2.41. The SMILES string of the molecule is Cn1nnc(Br)c1C(O)c1ccccn1. The first kappa shape index (κ1) is 10.3. The molecule has 0 spiro atoms. The minimum absolute atomic E-state index is 0.531. The lowest BCUT2D eigenvalue weighted by atomic mass is 10.2. The molecule has 1 N–H and O–H groups in total. The summed E-state index contributed by atoms with van der Waals surface area (Å²) in [5, 5.41) is 17.6. The molecule has 2 heterocycles. The molecule has 0 bridgehead atoms. The van der Waals surface area contributed by atoms with Crippen molar-refractivity contribution in [3.05, 3.63) is 40.4 Å². The van der Waals surface area contributed by atoms with E-state index in [1.807, 2.05) is 6.07 Å². The fraction of sp³-hybridized carbons (Fsp3) is 0.222. The second kappa shape index (κ2) is 4.08. The van der Waals surface area contributed by atoms with Gasteiger partial charge in [-0.1, -0.05) is 11.3 Å². The number of rotatable bonds is 2. The molecule has 2 rings (SSSR count). The van der Waals surface area contributed by atoms with E-state index in [2.05, 4.69) is 31.2 Å². The summed E-state index contributed by atoms with van der Waals surface area (Å²) in [5.74, 6) is 0. The number of aliphatic hydroxyl groups is 1. The molecule has 0 saturated heterocycles. The zero-order valence-corrected chi connectivity index (χ0v) is 9.59. The van der Waals surface area contributed by atoms with Crippen LogP contribution in [0, 0.1) is 0 Å². The maximum Gasteiger partial charge on any atom is 0.154 e. The Morgan fingerprint density at radius 3 is 2.80 bits per heavy atom. The molecule has 15 heavy (non-hydrogen) atoms. The molecule has 0 aliphatic carbocycles. The summed E-state index contributed by atoms with van der Waals surface area (Å²) in [6, 6.07) is 5.38. The highest BCUT2D eigenvalue weighted by atomic mass is 79.9. The summed E-state index contributed by atoms with van der Waals surface area (Å²) in [5.41, 5.74) is 1.16. The van der Waals surface area contributed by atoms with Crippen molar-refractivity contribution in [2.75, 3.05) is 0 Å². The highest BCUT2D eigenvalue weighted by Gasteiger charge is 2.19. The molecule has 0 aliphatic heterocycles. The minimum Gasteiger partial charge on any atom is -0.380 e. The monoisotopic (exact) mass is 268 g/mol. The second-order valence-corrected chi connectivity index (χ2v) is 3.80. The van der Waals surface area contributed by atoms with Crippen molar-refractivity contribution in [1.82, 2.24) is 20.0 Å². The Kier molecular flexibility index (Phi) is 2.79. The average Bonchev–Trinajstić information content (AvgIpc) is 2.59. The normalized spacial score (nSPS) is 12.7. The van der Waals surface area contributed by atoms with Gasteiger partial charge in [-0.3, -0.25) is 4.98 Å². The van der Waals surface area contributed by atoms with Crippen molar-refractivity contribution in [2.24, 2.45) is 7.05 Å². The van der Waals surface area contributed by atoms with Gasteiger partial charge < -0.3 is 5.11 Å². The lowest BCUT2D eigenvalue weighted by Gasteiger charge is -2.09. The van der Waals surface area contributed by atoms with Crippen molar-refractivity contribution in [2.45, 2.75) is 6.10 Å². The third-order valence-electron chi connectivity index (χ3n) is 2.05. The van der Waals surface area contributed by atoms with Crippen LogP contribution in [0.4, 0.5) is 0 Å². The van der Waals surface area contributed by atoms with Crippen LogP contribution in [0.25, 0.3) is 0 Å². The number of aromatic nitrogens is 4. The molecule has 0 fully saturated rings. The van der Waals surface area contributed by atoms with Gasteiger partial charge in [-0.2, -0.15) is 0 Å². The Labute approximate surface area is 94.9 Å². The van der Waals surface area contributed by atoms with Gasteiger partial charge >= 0.3 is 0 Å². The molecule has 2 aromatic rings. The molecule has 5 nitrogen and oxygen atoms in total. The van der Waals surface area contributed by atoms with E-state index in [1.54, 1.807) is 25.4 Å². The van der Waals surface area contributed by atoms with Crippen LogP contribution in [0.3, 0.4) is 0 Å². The topological polar surface area (TPSA) is 63.8 Å². The van der Waals surface area contributed by atoms with E-state index in [4.69, 9.17) is 0 Å². The number of aliphatic hydroxyl groups excluding tert-OH is 1. The molecular formula is C9H9BrN4O. The molecule has 1 atom stereocenters. The van der Waals surface area contributed by atoms with Crippen LogP contribution in [0.15, 0.2) is 29.0 Å². The van der Waals surface area contributed by atoms with Gasteiger partial charge in [0.05, 0.1) is 5.69 Å². The molecular weight excluding hydrogens is 260 g/mol. The molecule has 2 aromatic heterocycles. The number of nitrogens with zero attached hydrogens (tertiary/aromatic N) is 4. The van der Waals surface area contributed by atoms with E-state index in [-0.39, 0.29) is 0 Å². The molecule has 78 valence electrons. The van der Waals surface area contributed by atoms with Crippen molar-refractivity contribution in [3.8, 4) is 0 Å². The molecule has 0 saturated carbocycles. The van der Waals surface area contributed by atoms with Gasteiger partial charge in [0.2, 0.25) is 0 Å². The van der Waals surface area contributed by atoms with Gasteiger partial charge in [-0.05, 0) is 28.1 Å². The Morgan fingerprint density at radius 2 is 2.27 bits per heavy atom. The average molecular weight is 269 g/mol. The quantitative estimate of drug-likeness (QED) is 0.885. The maximum atomic E-state index is 10.0. The Morgan fingerprint density at radius 1 is 1.47 bits per heavy atom. The first-order valence-electron chi connectivity index (χ1n) is 4.34. The number of hydrogen-bond donors (Lipinski definition) is 1. The highest BCUT2D eigenvalue weighted by molar-refractivity contribution is 9.10. The first-order valence-corrected chi connectivity index (χ1v) is 5.13. The van der Waals surface area contributed by atoms with Crippen LogP contribution in [0.2, 0.25) is 0 Å². The lowest BCUT2D eigenvalue weighted by Crippen LogP contribution is -2.08. The van der Waals surface area contributed by atoms with Crippen LogP contribution < -0.4 is 0 Å². The molecule has 0 amide bonds. The van der Waals surface area contributed by atoms with Crippen molar-refractivity contribution < 1.29 is 5.11 Å². The van der Waals surface area contributed by atoms with Gasteiger partial charge in [0.25, 0.3) is 0 Å². The summed E-state index contributed by atoms with van der Waals surface area (Å²) in [6.07, 6.45) is 0.816. The highest BCUT2D eigenvalue weighted by Crippen LogP contribution is 2.24. The van der Waals surface area contributed by atoms with Crippen LogP contribution in [0.5, 0.6) is 0 Å². The summed E-state index contributed by atoms with van der Waals surface area (Å²) in [7, 11) is 1.72. The van der Waals surface area contributed by atoms with Crippen molar-refractivity contribution >= 4 is 15.9 Å². The van der Waals surface area contributed by atoms with Gasteiger partial charge in [0, 0.05) is 13.2 Å². The molecule has 1 unspecified atom stereocenters. The number of aryl methyl sites for hydroxylation is 1. The fourth-order valence-corrected chi connectivity index (χ4v) is 1.85. The summed E-state index contributed by atoms with van der Waals surface area (Å²) in [6.45, 7) is 0. The molecule has 0 aromatic carbocycles. The predicted molar refractivity (Wildman–Crippen MR) is 57.0 cm³/mol. The first-order chi connectivity index (χ1) is 7.20. The number of halogens is 1. The largest absolute Gasteiger partial charge is 0.380 e. The Hall–Kier alpha value is -1.27. The smallest absolute Gasteiger partial charge is 0.154 e. The summed E-state index contributed by atoms with van der Waals surface area (Å²) < 4.78 is 2.05. The molecule has 0 aliphatic rings. The molecule has 0 radical (unpaired) electrons. The number of pyridine rings is 1. The van der Waals surface area contributed by atoms with E-state index >= 15 is 0 Å². The Bertz CT molecular complexity index is 437. The molecule has 6 heteroatoms. The second-order valence-electron chi connectivity index (χ2n) is 3.05. The van der Waals surface area contributed by atoms with Crippen LogP contribution >= 0.6 is 15.9 Å². The third kappa shape index (κ3) is 1.91. The lowest BCUT2D eigenvalue weighted by molar-refractivity contribution is 0.204. The van der Waals surface area contributed by atoms with Gasteiger partial charge in [0.1, 0.15) is 11.8 Å². The maximum absolute atomic E-state index is 10.0. The standard InChI is InChI=1S/C9H9BrN4O/c1-14-7(9(10)12-13-14)8(15)6-4-2-3-5-11-6/h2-5,8,15H,1H3. The summed E-state index contributed by atoms with van der Waals surface area (Å²) in [4.78, 5) is 4.08. The summed E-state index contributed by atoms with van der Waals surface area (Å²) >= 11 is 3.23. The third-order valence-corrected chi connectivity index (χ3v) is 2.62. The zero-order valence-electron chi connectivity index (χ0n) is 8.00. The van der Waals surface area contributed by atoms with Crippen molar-refractivity contribution in [1.29, 1.82) is 0 Å².